The van der Waals surface area contributed by atoms with Crippen LogP contribution in [0.25, 0.3) is 11.1 Å². The van der Waals surface area contributed by atoms with E-state index >= 15 is 0 Å². The maximum Gasteiger partial charge on any atom is 0.337 e. The molecule has 0 unspecified atom stereocenters. The van der Waals surface area contributed by atoms with Crippen LogP contribution in [0.15, 0.2) is 59.0 Å². The van der Waals surface area contributed by atoms with E-state index in [0.29, 0.717) is 0 Å². The van der Waals surface area contributed by atoms with E-state index in [0.717, 1.165) is 36.4 Å². The van der Waals surface area contributed by atoms with Crippen LogP contribution in [0.2, 0.25) is 0 Å². The van der Waals surface area contributed by atoms with Gasteiger partial charge in [-0.1, -0.05) is 12.1 Å². The van der Waals surface area contributed by atoms with Gasteiger partial charge in [0.15, 0.2) is 11.6 Å². The van der Waals surface area contributed by atoms with Crippen molar-refractivity contribution in [3.8, 4) is 11.1 Å². The molecule has 0 heterocycles. The van der Waals surface area contributed by atoms with Crippen molar-refractivity contribution in [1.82, 2.24) is 0 Å². The molecule has 3 aromatic rings. The highest BCUT2D eigenvalue weighted by Gasteiger charge is 2.22. The molecule has 9 nitrogen and oxygen atoms in total. The number of halogens is 2. The van der Waals surface area contributed by atoms with Crippen molar-refractivity contribution in [2.24, 2.45) is 4.36 Å². The maximum absolute atomic E-state index is 13.7. The van der Waals surface area contributed by atoms with Crippen LogP contribution in [0, 0.1) is 11.6 Å². The van der Waals surface area contributed by atoms with Crippen LogP contribution in [-0.2, 0) is 9.73 Å². The molecular weight excluding hydrogens is 498 g/mol. The molecule has 0 aliphatic carbocycles. The molecule has 0 bridgehead atoms. The van der Waals surface area contributed by atoms with Gasteiger partial charge in [0.05, 0.1) is 22.4 Å². The first-order chi connectivity index (χ1) is 16.8. The summed E-state index contributed by atoms with van der Waals surface area (Å²) in [5.41, 5.74) is -1.41. The lowest BCUT2D eigenvalue weighted by Crippen LogP contribution is -2.19. The molecule has 0 spiro atoms. The minimum atomic E-state index is -2.84. The van der Waals surface area contributed by atoms with E-state index in [4.69, 9.17) is 0 Å². The fourth-order valence-electron chi connectivity index (χ4n) is 3.18. The van der Waals surface area contributed by atoms with Gasteiger partial charge in [-0.15, -0.1) is 0 Å². The highest BCUT2D eigenvalue weighted by molar-refractivity contribution is 7.92. The van der Waals surface area contributed by atoms with Gasteiger partial charge in [-0.05, 0) is 53.6 Å². The number of carbonyl (C=O) groups is 4. The molecule has 0 fully saturated rings. The summed E-state index contributed by atoms with van der Waals surface area (Å²) in [5.74, 6) is -7.16. The van der Waals surface area contributed by atoms with Gasteiger partial charge in [-0.2, -0.15) is 4.36 Å². The van der Waals surface area contributed by atoms with E-state index in [9.17, 15) is 42.4 Å². The molecule has 3 aromatic carbocycles. The van der Waals surface area contributed by atoms with Crippen LogP contribution < -0.4 is 5.32 Å². The SMILES string of the molecule is CS(C)(=O)=NC(=O)c1ccc(C(=O)O)c(C(=O)Nc2cc(-c3ccc(F)c(F)c3)ccc2C(=O)O)c1. The number of carboxylic acids is 2. The number of amides is 2. The Labute approximate surface area is 203 Å². The van der Waals surface area contributed by atoms with Crippen molar-refractivity contribution >= 4 is 39.2 Å². The standard InChI is InChI=1S/C24H18F2N2O7S/c1-36(2,35)28-21(29)14-4-6-15(23(31)32)17(9-14)22(30)27-20-11-13(3-7-16(20)24(33)34)12-5-8-18(25)19(26)10-12/h3-11H,1-2H3,(H,27,30)(H,31,32)(H,33,34). The molecule has 3 N–H and O–H groups in total. The van der Waals surface area contributed by atoms with E-state index in [2.05, 4.69) is 9.68 Å². The molecule has 0 radical (unpaired) electrons. The van der Waals surface area contributed by atoms with Crippen LogP contribution in [0.3, 0.4) is 0 Å². The fourth-order valence-corrected chi connectivity index (χ4v) is 3.69. The summed E-state index contributed by atoms with van der Waals surface area (Å²) in [5, 5.41) is 21.3. The Balaban J connectivity index is 2.08. The van der Waals surface area contributed by atoms with Crippen LogP contribution in [0.4, 0.5) is 14.5 Å². The third kappa shape index (κ3) is 5.96. The zero-order valence-corrected chi connectivity index (χ0v) is 19.6. The van der Waals surface area contributed by atoms with Crippen molar-refractivity contribution in [2.75, 3.05) is 17.8 Å². The topological polar surface area (TPSA) is 150 Å². The second kappa shape index (κ2) is 10.0. The average molecular weight is 516 g/mol. The first kappa shape index (κ1) is 26.2. The normalized spacial score (nSPS) is 11.0. The fraction of sp³-hybridized carbons (Fsp3) is 0.0833. The van der Waals surface area contributed by atoms with E-state index in [1.807, 2.05) is 0 Å². The summed E-state index contributed by atoms with van der Waals surface area (Å²) in [7, 11) is -2.84. The van der Waals surface area contributed by atoms with Crippen molar-refractivity contribution < 1.29 is 42.4 Å². The van der Waals surface area contributed by atoms with Gasteiger partial charge in [0, 0.05) is 27.8 Å². The van der Waals surface area contributed by atoms with E-state index < -0.39 is 56.2 Å². The van der Waals surface area contributed by atoms with Crippen molar-refractivity contribution in [3.05, 3.63) is 88.5 Å². The number of rotatable bonds is 6. The predicted molar refractivity (Wildman–Crippen MR) is 127 cm³/mol. The largest absolute Gasteiger partial charge is 0.478 e. The zero-order valence-electron chi connectivity index (χ0n) is 18.7. The molecular formula is C24H18F2N2O7S. The van der Waals surface area contributed by atoms with Crippen LogP contribution in [0.1, 0.15) is 41.4 Å². The molecule has 0 saturated carbocycles. The summed E-state index contributed by atoms with van der Waals surface area (Å²) in [6.45, 7) is 0. The van der Waals surface area contributed by atoms with Gasteiger partial charge in [0.25, 0.3) is 11.8 Å². The number of aromatic carboxylic acids is 2. The number of carboxylic acid groups (broad SMARTS) is 2. The van der Waals surface area contributed by atoms with Gasteiger partial charge in [-0.3, -0.25) is 9.59 Å². The van der Waals surface area contributed by atoms with Gasteiger partial charge in [0.2, 0.25) is 0 Å². The Kier molecular flexibility index (Phi) is 7.29. The Morgan fingerprint density at radius 1 is 0.778 bits per heavy atom. The van der Waals surface area contributed by atoms with E-state index in [1.54, 1.807) is 0 Å². The third-order valence-corrected chi connectivity index (χ3v) is 5.40. The van der Waals surface area contributed by atoms with E-state index in [1.165, 1.54) is 30.7 Å². The average Bonchev–Trinajstić information content (AvgIpc) is 2.79. The van der Waals surface area contributed by atoms with Crippen molar-refractivity contribution in [3.63, 3.8) is 0 Å². The van der Waals surface area contributed by atoms with Gasteiger partial charge in [0.1, 0.15) is 0 Å². The molecule has 0 aliphatic heterocycles. The number of nitrogens with zero attached hydrogens (tertiary/aromatic N) is 1. The van der Waals surface area contributed by atoms with Gasteiger partial charge in [-0.25, -0.2) is 22.6 Å². The van der Waals surface area contributed by atoms with Gasteiger partial charge >= 0.3 is 11.9 Å². The predicted octanol–water partition coefficient (Wildman–Crippen LogP) is 4.15. The minimum Gasteiger partial charge on any atom is -0.478 e. The van der Waals surface area contributed by atoms with Crippen molar-refractivity contribution in [1.29, 1.82) is 0 Å². The quantitative estimate of drug-likeness (QED) is 0.445. The van der Waals surface area contributed by atoms with Crippen LogP contribution in [0.5, 0.6) is 0 Å². The summed E-state index contributed by atoms with van der Waals surface area (Å²) in [6.07, 6.45) is 2.44. The third-order valence-electron chi connectivity index (χ3n) is 4.80. The summed E-state index contributed by atoms with van der Waals surface area (Å²) >= 11 is 0. The summed E-state index contributed by atoms with van der Waals surface area (Å²) < 4.78 is 42.3. The highest BCUT2D eigenvalue weighted by Crippen LogP contribution is 2.28. The molecule has 0 aliphatic rings. The number of nitrogens with one attached hydrogen (secondary N) is 1. The number of hydrogen-bond donors (Lipinski definition) is 3. The summed E-state index contributed by atoms with van der Waals surface area (Å²) in [6, 6.07) is 9.69. The maximum atomic E-state index is 13.7. The molecule has 2 amide bonds. The Hall–Kier alpha value is -4.45. The molecule has 12 heteroatoms. The summed E-state index contributed by atoms with van der Waals surface area (Å²) in [4.78, 5) is 48.7. The molecule has 3 rings (SSSR count). The minimum absolute atomic E-state index is 0.185. The lowest BCUT2D eigenvalue weighted by molar-refractivity contribution is 0.0684. The first-order valence-corrected chi connectivity index (χ1v) is 12.3. The lowest BCUT2D eigenvalue weighted by Gasteiger charge is -2.13. The first-order valence-electron chi connectivity index (χ1n) is 10.00. The smallest absolute Gasteiger partial charge is 0.337 e. The van der Waals surface area contributed by atoms with Crippen LogP contribution >= 0.6 is 0 Å². The van der Waals surface area contributed by atoms with Crippen LogP contribution in [-0.4, -0.2) is 50.7 Å². The monoisotopic (exact) mass is 516 g/mol. The molecule has 0 saturated heterocycles. The molecule has 36 heavy (non-hydrogen) atoms. The van der Waals surface area contributed by atoms with Gasteiger partial charge < -0.3 is 15.5 Å². The number of benzene rings is 3. The molecule has 0 atom stereocenters. The Bertz CT molecular complexity index is 1550. The second-order valence-electron chi connectivity index (χ2n) is 7.79. The molecule has 186 valence electrons. The number of carbonyl (C=O) groups excluding carboxylic acids is 2. The van der Waals surface area contributed by atoms with Crippen molar-refractivity contribution in [2.45, 2.75) is 0 Å². The number of hydrogen-bond acceptors (Lipinski definition) is 5. The Morgan fingerprint density at radius 3 is 1.94 bits per heavy atom. The lowest BCUT2D eigenvalue weighted by atomic mass is 10.0. The van der Waals surface area contributed by atoms with E-state index in [-0.39, 0.29) is 27.9 Å². The zero-order chi connectivity index (χ0) is 26.8. The molecule has 0 aromatic heterocycles. The number of anilines is 1. The second-order valence-corrected chi connectivity index (χ2v) is 10.3. The Morgan fingerprint density at radius 2 is 1.36 bits per heavy atom. The highest BCUT2D eigenvalue weighted by atomic mass is 32.2.